The maximum Gasteiger partial charge on any atom is 0.266 e. The van der Waals surface area contributed by atoms with E-state index in [2.05, 4.69) is 16.8 Å². The van der Waals surface area contributed by atoms with Crippen molar-refractivity contribution in [3.63, 3.8) is 0 Å². The Morgan fingerprint density at radius 3 is 2.67 bits per heavy atom. The van der Waals surface area contributed by atoms with Gasteiger partial charge in [0.2, 0.25) is 5.91 Å². The largest absolute Gasteiger partial charge is 0.494 e. The first-order valence-corrected chi connectivity index (χ1v) is 10.9. The molecule has 0 bridgehead atoms. The van der Waals surface area contributed by atoms with Gasteiger partial charge in [0.1, 0.15) is 17.4 Å². The minimum Gasteiger partial charge on any atom is -0.494 e. The number of nitriles is 1. The maximum absolute atomic E-state index is 12.8. The van der Waals surface area contributed by atoms with Crippen LogP contribution in [0.4, 0.5) is 11.4 Å². The summed E-state index contributed by atoms with van der Waals surface area (Å²) in [4.78, 5) is 26.6. The summed E-state index contributed by atoms with van der Waals surface area (Å²) >= 11 is 0. The Balaban J connectivity index is 1.83. The number of benzene rings is 1. The van der Waals surface area contributed by atoms with Crippen molar-refractivity contribution < 1.29 is 19.1 Å². The van der Waals surface area contributed by atoms with E-state index in [0.717, 1.165) is 23.4 Å². The lowest BCUT2D eigenvalue weighted by Gasteiger charge is -2.19. The van der Waals surface area contributed by atoms with E-state index in [-0.39, 0.29) is 17.5 Å². The summed E-state index contributed by atoms with van der Waals surface area (Å²) in [7, 11) is 3.18. The average molecular weight is 451 g/mol. The van der Waals surface area contributed by atoms with Crippen LogP contribution >= 0.6 is 0 Å². The van der Waals surface area contributed by atoms with E-state index in [9.17, 15) is 14.9 Å². The number of amides is 2. The minimum absolute atomic E-state index is 0.00703. The quantitative estimate of drug-likeness (QED) is 0.484. The molecule has 1 fully saturated rings. The van der Waals surface area contributed by atoms with Crippen molar-refractivity contribution in [1.82, 2.24) is 4.57 Å². The molecule has 0 spiro atoms. The van der Waals surface area contributed by atoms with Crippen LogP contribution < -0.4 is 15.0 Å². The van der Waals surface area contributed by atoms with Gasteiger partial charge in [0, 0.05) is 43.2 Å². The second kappa shape index (κ2) is 10.4. The number of carbonyl (C=O) groups excluding carboxylic acids is 2. The van der Waals surface area contributed by atoms with Crippen LogP contribution in [0.2, 0.25) is 0 Å². The van der Waals surface area contributed by atoms with Gasteiger partial charge in [-0.3, -0.25) is 9.59 Å². The van der Waals surface area contributed by atoms with Crippen molar-refractivity contribution in [2.45, 2.75) is 39.7 Å². The molecule has 33 heavy (non-hydrogen) atoms. The molecule has 1 saturated heterocycles. The third-order valence-corrected chi connectivity index (χ3v) is 5.84. The molecule has 1 unspecified atom stereocenters. The number of ether oxygens (including phenoxy) is 2. The zero-order chi connectivity index (χ0) is 24.1. The molecule has 174 valence electrons. The Labute approximate surface area is 194 Å². The van der Waals surface area contributed by atoms with Gasteiger partial charge in [0.15, 0.2) is 0 Å². The number of methoxy groups -OCH3 is 2. The van der Waals surface area contributed by atoms with Crippen LogP contribution in [0.15, 0.2) is 29.8 Å². The number of nitrogens with zero attached hydrogens (tertiary/aromatic N) is 3. The van der Waals surface area contributed by atoms with E-state index >= 15 is 0 Å². The van der Waals surface area contributed by atoms with E-state index in [1.165, 1.54) is 7.11 Å². The van der Waals surface area contributed by atoms with Crippen LogP contribution in [-0.2, 0) is 14.3 Å². The lowest BCUT2D eigenvalue weighted by atomic mass is 10.1. The second-order valence-electron chi connectivity index (χ2n) is 8.16. The number of nitrogens with one attached hydrogen (secondary N) is 1. The molecular formula is C25H30N4O4. The molecule has 0 aliphatic carbocycles. The monoisotopic (exact) mass is 450 g/mol. The first-order valence-electron chi connectivity index (χ1n) is 10.9. The first-order chi connectivity index (χ1) is 15.8. The molecule has 1 N–H and O–H groups in total. The normalized spacial score (nSPS) is 14.8. The zero-order valence-electron chi connectivity index (χ0n) is 19.8. The Morgan fingerprint density at radius 1 is 1.30 bits per heavy atom. The third-order valence-electron chi connectivity index (χ3n) is 5.84. The van der Waals surface area contributed by atoms with Gasteiger partial charge in [0.25, 0.3) is 5.91 Å². The molecule has 8 heteroatoms. The highest BCUT2D eigenvalue weighted by Crippen LogP contribution is 2.34. The molecule has 0 saturated carbocycles. The summed E-state index contributed by atoms with van der Waals surface area (Å²) in [6.07, 6.45) is 2.92. The van der Waals surface area contributed by atoms with Crippen molar-refractivity contribution in [1.29, 1.82) is 5.26 Å². The summed E-state index contributed by atoms with van der Waals surface area (Å²) < 4.78 is 12.8. The highest BCUT2D eigenvalue weighted by atomic mass is 16.5. The van der Waals surface area contributed by atoms with Crippen LogP contribution in [0, 0.1) is 25.2 Å². The molecule has 2 aromatic rings. The van der Waals surface area contributed by atoms with Crippen LogP contribution in [-0.4, -0.2) is 43.8 Å². The molecule has 1 aliphatic rings. The number of hydrogen-bond donors (Lipinski definition) is 1. The van der Waals surface area contributed by atoms with E-state index in [1.54, 1.807) is 36.3 Å². The van der Waals surface area contributed by atoms with E-state index < -0.39 is 5.91 Å². The molecule has 1 aliphatic heterocycles. The van der Waals surface area contributed by atoms with Crippen molar-refractivity contribution in [2.24, 2.45) is 0 Å². The number of aryl methyl sites for hydroxylation is 1. The van der Waals surface area contributed by atoms with Crippen molar-refractivity contribution in [2.75, 3.05) is 37.6 Å². The SMILES string of the molecule is COCC(C)n1c(C)cc(/C=C(/C#N)C(=O)Nc2ccc(N3CCCC3=O)c(OC)c2)c1C. The molecular weight excluding hydrogens is 420 g/mol. The average Bonchev–Trinajstić information content (AvgIpc) is 3.33. The van der Waals surface area contributed by atoms with Crippen LogP contribution in [0.5, 0.6) is 5.75 Å². The van der Waals surface area contributed by atoms with Gasteiger partial charge >= 0.3 is 0 Å². The number of hydrogen-bond acceptors (Lipinski definition) is 5. The lowest BCUT2D eigenvalue weighted by molar-refractivity contribution is -0.117. The standard InChI is InChI=1S/C25H30N4O4/c1-16-11-19(18(3)29(16)17(2)15-32-4)12-20(14-26)25(31)27-21-8-9-22(23(13-21)33-5)28-10-6-7-24(28)30/h8-9,11-13,17H,6-7,10,15H2,1-5H3,(H,27,31)/b20-12-. The molecule has 0 radical (unpaired) electrons. The fraction of sp³-hybridized carbons (Fsp3) is 0.400. The predicted octanol–water partition coefficient (Wildman–Crippen LogP) is 3.99. The first kappa shape index (κ1) is 24.1. The molecule has 2 heterocycles. The number of rotatable bonds is 8. The topological polar surface area (TPSA) is 96.6 Å². The van der Waals surface area contributed by atoms with Gasteiger partial charge < -0.3 is 24.3 Å². The Bertz CT molecular complexity index is 1130. The fourth-order valence-corrected chi connectivity index (χ4v) is 4.33. The summed E-state index contributed by atoms with van der Waals surface area (Å²) in [5, 5.41) is 12.4. The molecule has 1 aromatic heterocycles. The Kier molecular flexibility index (Phi) is 7.56. The van der Waals surface area contributed by atoms with Crippen LogP contribution in [0.25, 0.3) is 6.08 Å². The van der Waals surface area contributed by atoms with Crippen molar-refractivity contribution >= 4 is 29.3 Å². The Hall–Kier alpha value is -3.57. The van der Waals surface area contributed by atoms with Crippen molar-refractivity contribution in [3.05, 3.63) is 46.8 Å². The summed E-state index contributed by atoms with van der Waals surface area (Å²) in [5.74, 6) is 0.0257. The fourth-order valence-electron chi connectivity index (χ4n) is 4.33. The summed E-state index contributed by atoms with van der Waals surface area (Å²) in [6, 6.07) is 9.20. The Morgan fingerprint density at radius 2 is 2.06 bits per heavy atom. The zero-order valence-corrected chi connectivity index (χ0v) is 19.8. The van der Waals surface area contributed by atoms with Gasteiger partial charge in [-0.15, -0.1) is 0 Å². The number of carbonyl (C=O) groups is 2. The molecule has 8 nitrogen and oxygen atoms in total. The van der Waals surface area contributed by atoms with Gasteiger partial charge in [0.05, 0.1) is 25.4 Å². The number of anilines is 2. The molecule has 2 amide bonds. The van der Waals surface area contributed by atoms with E-state index in [0.29, 0.717) is 36.7 Å². The van der Waals surface area contributed by atoms with E-state index in [1.807, 2.05) is 26.0 Å². The lowest BCUT2D eigenvalue weighted by Crippen LogP contribution is -2.24. The summed E-state index contributed by atoms with van der Waals surface area (Å²) in [6.45, 7) is 7.21. The molecule has 1 atom stereocenters. The van der Waals surface area contributed by atoms with Crippen LogP contribution in [0.1, 0.15) is 42.8 Å². The summed E-state index contributed by atoms with van der Waals surface area (Å²) in [5.41, 5.74) is 3.94. The van der Waals surface area contributed by atoms with E-state index in [4.69, 9.17) is 9.47 Å². The predicted molar refractivity (Wildman–Crippen MR) is 127 cm³/mol. The van der Waals surface area contributed by atoms with Gasteiger partial charge in [-0.1, -0.05) is 0 Å². The molecule has 3 rings (SSSR count). The third kappa shape index (κ3) is 5.10. The van der Waals surface area contributed by atoms with Crippen LogP contribution in [0.3, 0.4) is 0 Å². The van der Waals surface area contributed by atoms with Crippen molar-refractivity contribution in [3.8, 4) is 11.8 Å². The smallest absolute Gasteiger partial charge is 0.266 e. The molecule has 1 aromatic carbocycles. The van der Waals surface area contributed by atoms with Gasteiger partial charge in [-0.2, -0.15) is 5.26 Å². The van der Waals surface area contributed by atoms with Gasteiger partial charge in [-0.25, -0.2) is 0 Å². The minimum atomic E-state index is -0.515. The highest BCUT2D eigenvalue weighted by Gasteiger charge is 2.25. The number of aromatic nitrogens is 1. The second-order valence-corrected chi connectivity index (χ2v) is 8.16. The van der Waals surface area contributed by atoms with Gasteiger partial charge in [-0.05, 0) is 57.0 Å². The maximum atomic E-state index is 12.8. The highest BCUT2D eigenvalue weighted by molar-refractivity contribution is 6.10.